The van der Waals surface area contributed by atoms with E-state index in [1.807, 2.05) is 32.0 Å². The van der Waals surface area contributed by atoms with Crippen LogP contribution in [0.5, 0.6) is 6.08 Å². The largest absolute Gasteiger partial charge is 0.440 e. The number of carbonyl (C=O) groups is 1. The van der Waals surface area contributed by atoms with Gasteiger partial charge in [0.15, 0.2) is 12.2 Å². The SMILES string of the molecule is CCN(C(=O)COc1nc2cc(C)ccc2o1)C1=CC(C)(C)CC(C)=C1. The Morgan fingerprint density at radius 3 is 2.81 bits per heavy atom. The van der Waals surface area contributed by atoms with Gasteiger partial charge in [-0.2, -0.15) is 4.98 Å². The summed E-state index contributed by atoms with van der Waals surface area (Å²) in [4.78, 5) is 18.7. The number of carbonyl (C=O) groups excluding carboxylic acids is 1. The third-order valence-corrected chi connectivity index (χ3v) is 4.44. The molecule has 1 aliphatic rings. The van der Waals surface area contributed by atoms with E-state index in [9.17, 15) is 4.79 Å². The molecule has 0 saturated carbocycles. The van der Waals surface area contributed by atoms with Gasteiger partial charge in [0.05, 0.1) is 0 Å². The molecule has 1 amide bonds. The van der Waals surface area contributed by atoms with Crippen molar-refractivity contribution in [1.82, 2.24) is 9.88 Å². The second-order valence-corrected chi connectivity index (χ2v) is 7.60. The Balaban J connectivity index is 1.72. The van der Waals surface area contributed by atoms with Crippen molar-refractivity contribution in [2.24, 2.45) is 5.41 Å². The van der Waals surface area contributed by atoms with Crippen LogP contribution in [0.15, 0.2) is 46.0 Å². The molecule has 0 unspecified atom stereocenters. The molecule has 3 rings (SSSR count). The minimum Gasteiger partial charge on any atom is -0.440 e. The molecule has 0 bridgehead atoms. The molecule has 1 aromatic heterocycles. The first-order chi connectivity index (χ1) is 12.3. The fourth-order valence-corrected chi connectivity index (χ4v) is 3.45. The highest BCUT2D eigenvalue weighted by molar-refractivity contribution is 5.80. The first-order valence-electron chi connectivity index (χ1n) is 8.98. The highest BCUT2D eigenvalue weighted by Crippen LogP contribution is 2.34. The Kier molecular flexibility index (Phi) is 4.90. The summed E-state index contributed by atoms with van der Waals surface area (Å²) in [5.74, 6) is -0.112. The first-order valence-corrected chi connectivity index (χ1v) is 8.98. The van der Waals surface area contributed by atoms with Crippen molar-refractivity contribution in [2.75, 3.05) is 13.2 Å². The number of nitrogens with zero attached hydrogens (tertiary/aromatic N) is 2. The van der Waals surface area contributed by atoms with Gasteiger partial charge in [0, 0.05) is 12.2 Å². The highest BCUT2D eigenvalue weighted by atomic mass is 16.6. The molecule has 0 N–H and O–H groups in total. The van der Waals surface area contributed by atoms with Crippen LogP contribution in [0.3, 0.4) is 0 Å². The van der Waals surface area contributed by atoms with Crippen LogP contribution in [0, 0.1) is 12.3 Å². The van der Waals surface area contributed by atoms with E-state index in [-0.39, 0.29) is 24.0 Å². The summed E-state index contributed by atoms with van der Waals surface area (Å²) in [5, 5.41) is 0. The Labute approximate surface area is 154 Å². The van der Waals surface area contributed by atoms with Gasteiger partial charge in [-0.1, -0.05) is 31.6 Å². The van der Waals surface area contributed by atoms with Crippen molar-refractivity contribution < 1.29 is 13.9 Å². The molecule has 5 heteroatoms. The third-order valence-electron chi connectivity index (χ3n) is 4.44. The number of amides is 1. The zero-order valence-corrected chi connectivity index (χ0v) is 16.1. The van der Waals surface area contributed by atoms with E-state index in [2.05, 4.69) is 37.9 Å². The number of oxazole rings is 1. The summed E-state index contributed by atoms with van der Waals surface area (Å²) in [5.41, 5.74) is 4.73. The van der Waals surface area contributed by atoms with Gasteiger partial charge in [-0.25, -0.2) is 0 Å². The minimum absolute atomic E-state index is 0.0425. The topological polar surface area (TPSA) is 55.6 Å². The molecule has 1 heterocycles. The molecule has 0 saturated heterocycles. The summed E-state index contributed by atoms with van der Waals surface area (Å²) in [7, 11) is 0. The number of hydrogen-bond acceptors (Lipinski definition) is 4. The van der Waals surface area contributed by atoms with Gasteiger partial charge < -0.3 is 14.1 Å². The monoisotopic (exact) mass is 354 g/mol. The molecular formula is C21H26N2O3. The molecule has 138 valence electrons. The summed E-state index contributed by atoms with van der Waals surface area (Å²) in [6.07, 6.45) is 5.36. The second-order valence-electron chi connectivity index (χ2n) is 7.60. The van der Waals surface area contributed by atoms with Gasteiger partial charge in [-0.15, -0.1) is 0 Å². The quantitative estimate of drug-likeness (QED) is 0.786. The van der Waals surface area contributed by atoms with E-state index in [4.69, 9.17) is 9.15 Å². The lowest BCUT2D eigenvalue weighted by molar-refractivity contribution is -0.131. The molecule has 0 spiro atoms. The van der Waals surface area contributed by atoms with Crippen LogP contribution >= 0.6 is 0 Å². The lowest BCUT2D eigenvalue weighted by atomic mass is 9.81. The number of fused-ring (bicyclic) bond motifs is 1. The van der Waals surface area contributed by atoms with Crippen molar-refractivity contribution in [3.8, 4) is 6.08 Å². The number of aromatic nitrogens is 1. The van der Waals surface area contributed by atoms with Gasteiger partial charge in [0.2, 0.25) is 0 Å². The maximum absolute atomic E-state index is 12.7. The van der Waals surface area contributed by atoms with Crippen LogP contribution in [-0.4, -0.2) is 28.9 Å². The van der Waals surface area contributed by atoms with Crippen LogP contribution in [0.1, 0.15) is 39.7 Å². The molecule has 0 atom stereocenters. The molecule has 0 aliphatic heterocycles. The first kappa shape index (κ1) is 18.2. The van der Waals surface area contributed by atoms with Crippen LogP contribution in [0.2, 0.25) is 0 Å². The van der Waals surface area contributed by atoms with Gasteiger partial charge in [-0.3, -0.25) is 4.79 Å². The van der Waals surface area contributed by atoms with E-state index in [0.717, 1.165) is 23.2 Å². The summed E-state index contributed by atoms with van der Waals surface area (Å²) in [6, 6.07) is 5.73. The Morgan fingerprint density at radius 2 is 2.12 bits per heavy atom. The maximum Gasteiger partial charge on any atom is 0.395 e. The van der Waals surface area contributed by atoms with Crippen LogP contribution < -0.4 is 4.74 Å². The number of benzene rings is 1. The average Bonchev–Trinajstić information content (AvgIpc) is 2.93. The van der Waals surface area contributed by atoms with Gasteiger partial charge in [-0.05, 0) is 56.4 Å². The fourth-order valence-electron chi connectivity index (χ4n) is 3.45. The predicted octanol–water partition coefficient (Wildman–Crippen LogP) is 4.62. The number of likely N-dealkylation sites (N-methyl/N-ethyl adjacent to an activating group) is 1. The number of ether oxygens (including phenoxy) is 1. The minimum atomic E-state index is -0.112. The van der Waals surface area contributed by atoms with E-state index in [1.165, 1.54) is 5.57 Å². The Bertz CT molecular complexity index is 890. The normalized spacial score (nSPS) is 16.2. The van der Waals surface area contributed by atoms with Gasteiger partial charge >= 0.3 is 6.08 Å². The van der Waals surface area contributed by atoms with E-state index in [1.54, 1.807) is 4.90 Å². The standard InChI is InChI=1S/C21H26N2O3/c1-6-23(16-9-15(3)11-21(4,5)12-16)19(24)13-25-20-22-17-10-14(2)7-8-18(17)26-20/h7-10,12H,6,11,13H2,1-5H3. The predicted molar refractivity (Wildman–Crippen MR) is 102 cm³/mol. The van der Waals surface area contributed by atoms with Crippen molar-refractivity contribution in [1.29, 1.82) is 0 Å². The van der Waals surface area contributed by atoms with E-state index in [0.29, 0.717) is 12.1 Å². The fraction of sp³-hybridized carbons (Fsp3) is 0.429. The number of rotatable bonds is 5. The van der Waals surface area contributed by atoms with Crippen LogP contribution in [0.25, 0.3) is 11.1 Å². The molecule has 1 aliphatic carbocycles. The average molecular weight is 354 g/mol. The van der Waals surface area contributed by atoms with Crippen LogP contribution in [0.4, 0.5) is 0 Å². The van der Waals surface area contributed by atoms with Crippen molar-refractivity contribution in [3.63, 3.8) is 0 Å². The maximum atomic E-state index is 12.7. The lowest BCUT2D eigenvalue weighted by Gasteiger charge is -2.31. The molecule has 2 aromatic rings. The molecule has 26 heavy (non-hydrogen) atoms. The zero-order chi connectivity index (χ0) is 18.9. The molecular weight excluding hydrogens is 328 g/mol. The number of aryl methyl sites for hydroxylation is 1. The molecule has 1 aromatic carbocycles. The third kappa shape index (κ3) is 3.98. The van der Waals surface area contributed by atoms with Crippen molar-refractivity contribution in [2.45, 2.75) is 41.0 Å². The highest BCUT2D eigenvalue weighted by Gasteiger charge is 2.25. The zero-order valence-electron chi connectivity index (χ0n) is 16.1. The number of hydrogen-bond donors (Lipinski definition) is 0. The van der Waals surface area contributed by atoms with E-state index >= 15 is 0 Å². The lowest BCUT2D eigenvalue weighted by Crippen LogP contribution is -2.35. The summed E-state index contributed by atoms with van der Waals surface area (Å²) in [6.45, 7) is 10.9. The van der Waals surface area contributed by atoms with Gasteiger partial charge in [0.25, 0.3) is 5.91 Å². The second kappa shape index (κ2) is 6.98. The Morgan fingerprint density at radius 1 is 1.35 bits per heavy atom. The smallest absolute Gasteiger partial charge is 0.395 e. The van der Waals surface area contributed by atoms with Crippen molar-refractivity contribution in [3.05, 3.63) is 47.2 Å². The summed E-state index contributed by atoms with van der Waals surface area (Å²) >= 11 is 0. The van der Waals surface area contributed by atoms with E-state index < -0.39 is 0 Å². The number of allylic oxidation sites excluding steroid dienone is 3. The summed E-state index contributed by atoms with van der Waals surface area (Å²) < 4.78 is 11.1. The van der Waals surface area contributed by atoms with Crippen LogP contribution in [-0.2, 0) is 4.79 Å². The van der Waals surface area contributed by atoms with Gasteiger partial charge in [0.1, 0.15) is 5.52 Å². The molecule has 0 fully saturated rings. The molecule has 0 radical (unpaired) electrons. The molecule has 5 nitrogen and oxygen atoms in total. The van der Waals surface area contributed by atoms with Crippen molar-refractivity contribution >= 4 is 17.0 Å². The Hall–Kier alpha value is -2.56.